The Balaban J connectivity index is 2.16. The molecule has 0 aliphatic heterocycles. The molecule has 0 bridgehead atoms. The molecule has 1 aromatic carbocycles. The SMILES string of the molecule is CCNC1CC(Oc2ccc(CC)cc2[N+](=O)[O-])C1(C)C. The van der Waals surface area contributed by atoms with Gasteiger partial charge >= 0.3 is 5.69 Å². The van der Waals surface area contributed by atoms with Gasteiger partial charge in [-0.3, -0.25) is 10.1 Å². The molecule has 2 atom stereocenters. The van der Waals surface area contributed by atoms with Gasteiger partial charge in [-0.1, -0.05) is 33.8 Å². The third-order valence-electron chi connectivity index (χ3n) is 4.53. The first-order valence-corrected chi connectivity index (χ1v) is 7.57. The molecule has 21 heavy (non-hydrogen) atoms. The molecule has 0 saturated heterocycles. The molecular weight excluding hydrogens is 268 g/mol. The van der Waals surface area contributed by atoms with Crippen LogP contribution in [0.15, 0.2) is 18.2 Å². The van der Waals surface area contributed by atoms with Gasteiger partial charge < -0.3 is 10.1 Å². The van der Waals surface area contributed by atoms with E-state index in [2.05, 4.69) is 26.1 Å². The molecule has 1 N–H and O–H groups in total. The van der Waals surface area contributed by atoms with Crippen molar-refractivity contribution in [3.63, 3.8) is 0 Å². The van der Waals surface area contributed by atoms with Gasteiger partial charge in [0.25, 0.3) is 0 Å². The third-order valence-corrected chi connectivity index (χ3v) is 4.53. The first-order chi connectivity index (χ1) is 9.90. The van der Waals surface area contributed by atoms with Crippen molar-refractivity contribution in [1.29, 1.82) is 0 Å². The quantitative estimate of drug-likeness (QED) is 0.645. The topological polar surface area (TPSA) is 64.4 Å². The Labute approximate surface area is 125 Å². The maximum Gasteiger partial charge on any atom is 0.311 e. The highest BCUT2D eigenvalue weighted by atomic mass is 16.6. The van der Waals surface area contributed by atoms with Gasteiger partial charge in [-0.25, -0.2) is 0 Å². The van der Waals surface area contributed by atoms with Crippen LogP contribution in [0, 0.1) is 15.5 Å². The van der Waals surface area contributed by atoms with E-state index in [1.54, 1.807) is 12.1 Å². The summed E-state index contributed by atoms with van der Waals surface area (Å²) in [6.07, 6.45) is 1.67. The molecule has 1 aliphatic rings. The Hall–Kier alpha value is -1.62. The van der Waals surface area contributed by atoms with Crippen LogP contribution in [0.2, 0.25) is 0 Å². The number of ether oxygens (including phenoxy) is 1. The van der Waals surface area contributed by atoms with E-state index in [0.717, 1.165) is 24.9 Å². The summed E-state index contributed by atoms with van der Waals surface area (Å²) in [6, 6.07) is 5.65. The predicted octanol–water partition coefficient (Wildman–Crippen LogP) is 3.31. The molecule has 5 heteroatoms. The number of nitro groups is 1. The summed E-state index contributed by atoms with van der Waals surface area (Å²) in [7, 11) is 0. The average molecular weight is 292 g/mol. The summed E-state index contributed by atoms with van der Waals surface area (Å²) in [5.41, 5.74) is 0.998. The number of nitrogens with one attached hydrogen (secondary N) is 1. The number of hydrogen-bond acceptors (Lipinski definition) is 4. The molecule has 2 rings (SSSR count). The van der Waals surface area contributed by atoms with Gasteiger partial charge in [0.1, 0.15) is 6.10 Å². The molecule has 1 saturated carbocycles. The Bertz CT molecular complexity index is 528. The molecule has 0 heterocycles. The fourth-order valence-electron chi connectivity index (χ4n) is 2.86. The van der Waals surface area contributed by atoms with E-state index >= 15 is 0 Å². The van der Waals surface area contributed by atoms with Gasteiger partial charge in [-0.2, -0.15) is 0 Å². The van der Waals surface area contributed by atoms with Crippen LogP contribution >= 0.6 is 0 Å². The molecule has 0 amide bonds. The molecule has 1 aliphatic carbocycles. The van der Waals surface area contributed by atoms with E-state index in [9.17, 15) is 10.1 Å². The largest absolute Gasteiger partial charge is 0.483 e. The standard InChI is InChI=1S/C16H24N2O3/c1-5-11-7-8-13(12(9-11)18(19)20)21-15-10-14(17-6-2)16(15,3)4/h7-9,14-15,17H,5-6,10H2,1-4H3. The molecule has 2 unspecified atom stereocenters. The predicted molar refractivity (Wildman–Crippen MR) is 82.8 cm³/mol. The minimum Gasteiger partial charge on any atom is -0.483 e. The molecule has 0 spiro atoms. The van der Waals surface area contributed by atoms with Gasteiger partial charge in [0, 0.05) is 23.9 Å². The number of hydrogen-bond donors (Lipinski definition) is 1. The van der Waals surface area contributed by atoms with Crippen molar-refractivity contribution in [2.75, 3.05) is 6.54 Å². The van der Waals surface area contributed by atoms with Crippen molar-refractivity contribution in [2.24, 2.45) is 5.41 Å². The number of rotatable bonds is 6. The molecule has 0 radical (unpaired) electrons. The van der Waals surface area contributed by atoms with Crippen molar-refractivity contribution >= 4 is 5.69 Å². The highest BCUT2D eigenvalue weighted by Gasteiger charge is 2.50. The van der Waals surface area contributed by atoms with Crippen LogP contribution in [0.5, 0.6) is 5.75 Å². The minimum absolute atomic E-state index is 0.00715. The first kappa shape index (κ1) is 15.8. The highest BCUT2D eigenvalue weighted by Crippen LogP contribution is 2.44. The number of benzene rings is 1. The number of nitrogens with zero attached hydrogens (tertiary/aromatic N) is 1. The first-order valence-electron chi connectivity index (χ1n) is 7.57. The summed E-state index contributed by atoms with van der Waals surface area (Å²) in [5, 5.41) is 14.6. The van der Waals surface area contributed by atoms with Crippen LogP contribution in [-0.4, -0.2) is 23.6 Å². The van der Waals surface area contributed by atoms with E-state index in [4.69, 9.17) is 4.74 Å². The van der Waals surface area contributed by atoms with Gasteiger partial charge in [-0.15, -0.1) is 0 Å². The van der Waals surface area contributed by atoms with Crippen molar-refractivity contribution in [2.45, 2.75) is 52.7 Å². The summed E-state index contributed by atoms with van der Waals surface area (Å²) in [4.78, 5) is 10.9. The van der Waals surface area contributed by atoms with E-state index in [1.165, 1.54) is 0 Å². The van der Waals surface area contributed by atoms with Gasteiger partial charge in [0.05, 0.1) is 4.92 Å². The van der Waals surface area contributed by atoms with E-state index in [1.807, 2.05) is 13.0 Å². The van der Waals surface area contributed by atoms with Gasteiger partial charge in [-0.05, 0) is 24.6 Å². The monoisotopic (exact) mass is 292 g/mol. The lowest BCUT2D eigenvalue weighted by molar-refractivity contribution is -0.386. The molecule has 116 valence electrons. The third kappa shape index (κ3) is 3.02. The van der Waals surface area contributed by atoms with Crippen LogP contribution in [-0.2, 0) is 6.42 Å². The summed E-state index contributed by atoms with van der Waals surface area (Å²) in [5.74, 6) is 0.380. The Kier molecular flexibility index (Phi) is 4.52. The van der Waals surface area contributed by atoms with E-state index in [0.29, 0.717) is 11.8 Å². The molecule has 1 aromatic rings. The van der Waals surface area contributed by atoms with E-state index < -0.39 is 0 Å². The van der Waals surface area contributed by atoms with Crippen molar-refractivity contribution in [3.8, 4) is 5.75 Å². The van der Waals surface area contributed by atoms with Gasteiger partial charge in [0.15, 0.2) is 5.75 Å². The number of aryl methyl sites for hydroxylation is 1. The smallest absolute Gasteiger partial charge is 0.311 e. The average Bonchev–Trinajstić information content (AvgIpc) is 2.46. The normalized spacial score (nSPS) is 23.4. The second-order valence-corrected chi connectivity index (χ2v) is 6.19. The fraction of sp³-hybridized carbons (Fsp3) is 0.625. The van der Waals surface area contributed by atoms with Crippen LogP contribution in [0.4, 0.5) is 5.69 Å². The summed E-state index contributed by atoms with van der Waals surface area (Å²) >= 11 is 0. The number of nitro benzene ring substituents is 1. The molecule has 1 fully saturated rings. The van der Waals surface area contributed by atoms with Crippen molar-refractivity contribution in [3.05, 3.63) is 33.9 Å². The second kappa shape index (κ2) is 6.02. The Morgan fingerprint density at radius 1 is 1.43 bits per heavy atom. The molecule has 5 nitrogen and oxygen atoms in total. The lowest BCUT2D eigenvalue weighted by Crippen LogP contribution is -2.62. The summed E-state index contributed by atoms with van der Waals surface area (Å²) < 4.78 is 5.95. The summed E-state index contributed by atoms with van der Waals surface area (Å²) in [6.45, 7) is 9.27. The molecule has 0 aromatic heterocycles. The minimum atomic E-state index is -0.359. The van der Waals surface area contributed by atoms with Crippen LogP contribution in [0.25, 0.3) is 0 Å². The lowest BCUT2D eigenvalue weighted by Gasteiger charge is -2.51. The van der Waals surface area contributed by atoms with E-state index in [-0.39, 0.29) is 22.1 Å². The van der Waals surface area contributed by atoms with Crippen LogP contribution < -0.4 is 10.1 Å². The van der Waals surface area contributed by atoms with Crippen molar-refractivity contribution < 1.29 is 9.66 Å². The van der Waals surface area contributed by atoms with Gasteiger partial charge in [0.2, 0.25) is 0 Å². The zero-order chi connectivity index (χ0) is 15.6. The second-order valence-electron chi connectivity index (χ2n) is 6.19. The fourth-order valence-corrected chi connectivity index (χ4v) is 2.86. The van der Waals surface area contributed by atoms with Crippen LogP contribution in [0.1, 0.15) is 39.7 Å². The maximum absolute atomic E-state index is 11.2. The zero-order valence-corrected chi connectivity index (χ0v) is 13.2. The van der Waals surface area contributed by atoms with Crippen LogP contribution in [0.3, 0.4) is 0 Å². The molecular formula is C16H24N2O3. The highest BCUT2D eigenvalue weighted by molar-refractivity contribution is 5.49. The maximum atomic E-state index is 11.2. The Morgan fingerprint density at radius 2 is 2.14 bits per heavy atom. The van der Waals surface area contributed by atoms with Crippen molar-refractivity contribution in [1.82, 2.24) is 5.32 Å². The Morgan fingerprint density at radius 3 is 2.67 bits per heavy atom. The lowest BCUT2D eigenvalue weighted by atomic mass is 9.64. The zero-order valence-electron chi connectivity index (χ0n) is 13.2.